The van der Waals surface area contributed by atoms with E-state index in [2.05, 4.69) is 54.6 Å². The van der Waals surface area contributed by atoms with Crippen LogP contribution < -0.4 is 10.5 Å². The highest BCUT2D eigenvalue weighted by molar-refractivity contribution is 5.87. The highest BCUT2D eigenvalue weighted by Gasteiger charge is 2.05. The molecule has 0 aliphatic carbocycles. The number of fused-ring (bicyclic) bond motifs is 1. The minimum absolute atomic E-state index is 0.477. The van der Waals surface area contributed by atoms with E-state index in [-0.39, 0.29) is 0 Å². The lowest BCUT2D eigenvalue weighted by molar-refractivity contribution is 0.410. The van der Waals surface area contributed by atoms with Crippen LogP contribution in [0.1, 0.15) is 5.56 Å². The quantitative estimate of drug-likeness (QED) is 0.776. The third-order valence-corrected chi connectivity index (χ3v) is 3.58. The van der Waals surface area contributed by atoms with Crippen LogP contribution >= 0.6 is 0 Å². The third kappa shape index (κ3) is 2.26. The van der Waals surface area contributed by atoms with Crippen LogP contribution in [-0.2, 0) is 6.54 Å². The Morgan fingerprint density at radius 3 is 2.30 bits per heavy atom. The largest absolute Gasteiger partial charge is 0.496 e. The Morgan fingerprint density at radius 2 is 1.55 bits per heavy atom. The van der Waals surface area contributed by atoms with Gasteiger partial charge in [-0.15, -0.1) is 0 Å². The maximum atomic E-state index is 5.78. The summed E-state index contributed by atoms with van der Waals surface area (Å²) in [4.78, 5) is 0. The highest BCUT2D eigenvalue weighted by atomic mass is 16.5. The van der Waals surface area contributed by atoms with Gasteiger partial charge in [0.05, 0.1) is 7.11 Å². The Balaban J connectivity index is 2.10. The van der Waals surface area contributed by atoms with Crippen molar-refractivity contribution in [3.63, 3.8) is 0 Å². The van der Waals surface area contributed by atoms with Gasteiger partial charge in [-0.2, -0.15) is 0 Å². The first-order valence-corrected chi connectivity index (χ1v) is 6.68. The molecule has 0 saturated carbocycles. The van der Waals surface area contributed by atoms with Crippen LogP contribution in [0.4, 0.5) is 0 Å². The Kier molecular flexibility index (Phi) is 3.40. The molecule has 0 amide bonds. The number of methoxy groups -OCH3 is 1. The van der Waals surface area contributed by atoms with Crippen LogP contribution in [0.2, 0.25) is 0 Å². The van der Waals surface area contributed by atoms with Gasteiger partial charge in [-0.25, -0.2) is 0 Å². The molecule has 0 aliphatic heterocycles. The molecule has 2 N–H and O–H groups in total. The molecule has 3 aromatic rings. The lowest BCUT2D eigenvalue weighted by Gasteiger charge is -2.10. The highest BCUT2D eigenvalue weighted by Crippen LogP contribution is 2.28. The molecule has 2 nitrogen and oxygen atoms in total. The molecule has 0 spiro atoms. The minimum Gasteiger partial charge on any atom is -0.496 e. The fourth-order valence-electron chi connectivity index (χ4n) is 2.49. The molecular weight excluding hydrogens is 246 g/mol. The topological polar surface area (TPSA) is 35.2 Å². The molecular formula is C18H17NO. The van der Waals surface area contributed by atoms with Crippen LogP contribution in [0.5, 0.6) is 5.75 Å². The van der Waals surface area contributed by atoms with Crippen molar-refractivity contribution in [3.8, 4) is 16.9 Å². The van der Waals surface area contributed by atoms with Gasteiger partial charge in [0.1, 0.15) is 5.75 Å². The van der Waals surface area contributed by atoms with E-state index < -0.39 is 0 Å². The number of ether oxygens (including phenoxy) is 1. The van der Waals surface area contributed by atoms with Gasteiger partial charge < -0.3 is 10.5 Å². The van der Waals surface area contributed by atoms with E-state index in [1.807, 2.05) is 6.07 Å². The summed E-state index contributed by atoms with van der Waals surface area (Å²) >= 11 is 0. The number of nitrogens with two attached hydrogens (primary N) is 1. The van der Waals surface area contributed by atoms with Crippen LogP contribution in [0.3, 0.4) is 0 Å². The van der Waals surface area contributed by atoms with Crippen LogP contribution in [0.15, 0.2) is 60.7 Å². The van der Waals surface area contributed by atoms with Crippen molar-refractivity contribution in [2.24, 2.45) is 5.73 Å². The molecule has 0 atom stereocenters. The van der Waals surface area contributed by atoms with Crippen molar-refractivity contribution in [1.29, 1.82) is 0 Å². The van der Waals surface area contributed by atoms with Crippen molar-refractivity contribution in [2.75, 3.05) is 7.11 Å². The summed E-state index contributed by atoms with van der Waals surface area (Å²) < 4.78 is 5.32. The molecule has 0 aliphatic rings. The fourth-order valence-corrected chi connectivity index (χ4v) is 2.49. The summed E-state index contributed by atoms with van der Waals surface area (Å²) in [6.45, 7) is 0.477. The number of rotatable bonds is 3. The first-order valence-electron chi connectivity index (χ1n) is 6.68. The van der Waals surface area contributed by atoms with Crippen molar-refractivity contribution in [2.45, 2.75) is 6.54 Å². The molecule has 0 bridgehead atoms. The van der Waals surface area contributed by atoms with E-state index in [4.69, 9.17) is 10.5 Å². The molecule has 2 heteroatoms. The van der Waals surface area contributed by atoms with Crippen molar-refractivity contribution >= 4 is 10.8 Å². The summed E-state index contributed by atoms with van der Waals surface area (Å²) in [5, 5.41) is 2.50. The van der Waals surface area contributed by atoms with Gasteiger partial charge in [-0.1, -0.05) is 42.5 Å². The summed E-state index contributed by atoms with van der Waals surface area (Å²) in [5.74, 6) is 0.844. The Morgan fingerprint density at radius 1 is 0.850 bits per heavy atom. The fraction of sp³-hybridized carbons (Fsp3) is 0.111. The number of benzene rings is 3. The second-order valence-electron chi connectivity index (χ2n) is 4.79. The van der Waals surface area contributed by atoms with E-state index >= 15 is 0 Å². The minimum atomic E-state index is 0.477. The van der Waals surface area contributed by atoms with E-state index in [0.29, 0.717) is 6.54 Å². The summed E-state index contributed by atoms with van der Waals surface area (Å²) in [5.41, 5.74) is 9.17. The van der Waals surface area contributed by atoms with Gasteiger partial charge in [-0.05, 0) is 40.1 Å². The zero-order chi connectivity index (χ0) is 13.9. The predicted molar refractivity (Wildman–Crippen MR) is 83.8 cm³/mol. The average molecular weight is 263 g/mol. The molecule has 20 heavy (non-hydrogen) atoms. The SMILES string of the molecule is COc1ccc(-c2ccc3ccccc3c2)cc1CN. The van der Waals surface area contributed by atoms with Crippen LogP contribution in [-0.4, -0.2) is 7.11 Å². The first kappa shape index (κ1) is 12.7. The molecule has 0 saturated heterocycles. The monoisotopic (exact) mass is 263 g/mol. The van der Waals surface area contributed by atoms with Gasteiger partial charge >= 0.3 is 0 Å². The number of hydrogen-bond donors (Lipinski definition) is 1. The van der Waals surface area contributed by atoms with Crippen molar-refractivity contribution in [3.05, 3.63) is 66.2 Å². The lowest BCUT2D eigenvalue weighted by atomic mass is 9.99. The Labute approximate surface area is 118 Å². The zero-order valence-electron chi connectivity index (χ0n) is 11.5. The standard InChI is InChI=1S/C18H17NO/c1-20-18-9-8-16(11-17(18)12-19)15-7-6-13-4-2-3-5-14(13)10-15/h2-11H,12,19H2,1H3. The molecule has 0 unspecified atom stereocenters. The van der Waals surface area contributed by atoms with Crippen LogP contribution in [0, 0.1) is 0 Å². The second-order valence-corrected chi connectivity index (χ2v) is 4.79. The van der Waals surface area contributed by atoms with E-state index in [1.54, 1.807) is 7.11 Å². The smallest absolute Gasteiger partial charge is 0.123 e. The lowest BCUT2D eigenvalue weighted by Crippen LogP contribution is -2.00. The molecule has 100 valence electrons. The predicted octanol–water partition coefficient (Wildman–Crippen LogP) is 3.97. The van der Waals surface area contributed by atoms with Gasteiger partial charge in [0.2, 0.25) is 0 Å². The molecule has 3 rings (SSSR count). The summed E-state index contributed by atoms with van der Waals surface area (Å²) in [6, 6.07) is 21.0. The Bertz CT molecular complexity index is 749. The van der Waals surface area contributed by atoms with Crippen LogP contribution in [0.25, 0.3) is 21.9 Å². The molecule has 3 aromatic carbocycles. The molecule has 0 aromatic heterocycles. The van der Waals surface area contributed by atoms with Gasteiger partial charge in [0, 0.05) is 12.1 Å². The zero-order valence-corrected chi connectivity index (χ0v) is 11.5. The normalized spacial score (nSPS) is 10.7. The third-order valence-electron chi connectivity index (χ3n) is 3.58. The van der Waals surface area contributed by atoms with Gasteiger partial charge in [0.15, 0.2) is 0 Å². The van der Waals surface area contributed by atoms with Gasteiger partial charge in [-0.3, -0.25) is 0 Å². The summed E-state index contributed by atoms with van der Waals surface area (Å²) in [6.07, 6.45) is 0. The van der Waals surface area contributed by atoms with E-state index in [1.165, 1.54) is 16.3 Å². The maximum Gasteiger partial charge on any atom is 0.123 e. The molecule has 0 heterocycles. The Hall–Kier alpha value is -2.32. The van der Waals surface area contributed by atoms with E-state index in [0.717, 1.165) is 16.9 Å². The maximum absolute atomic E-state index is 5.78. The van der Waals surface area contributed by atoms with Crippen molar-refractivity contribution < 1.29 is 4.74 Å². The van der Waals surface area contributed by atoms with Gasteiger partial charge in [0.25, 0.3) is 0 Å². The average Bonchev–Trinajstić information content (AvgIpc) is 2.53. The van der Waals surface area contributed by atoms with E-state index in [9.17, 15) is 0 Å². The first-order chi connectivity index (χ1) is 9.81. The summed E-state index contributed by atoms with van der Waals surface area (Å²) in [7, 11) is 1.67. The second kappa shape index (κ2) is 5.35. The molecule has 0 radical (unpaired) electrons. The molecule has 0 fully saturated rings. The van der Waals surface area contributed by atoms with Crippen molar-refractivity contribution in [1.82, 2.24) is 0 Å². The number of hydrogen-bond acceptors (Lipinski definition) is 2.